The Morgan fingerprint density at radius 3 is 2.48 bits per heavy atom. The van der Waals surface area contributed by atoms with E-state index in [9.17, 15) is 26.0 Å². The minimum atomic E-state index is -4.06. The van der Waals surface area contributed by atoms with Crippen LogP contribution in [0, 0.1) is 5.82 Å². The third-order valence-corrected chi connectivity index (χ3v) is 8.91. The Bertz CT molecular complexity index is 1870. The number of nitrogens with one attached hydrogen (secondary N) is 1. The van der Waals surface area contributed by atoms with Gasteiger partial charge in [0.25, 0.3) is 5.56 Å². The lowest BCUT2D eigenvalue weighted by molar-refractivity contribution is 0.331. The molecule has 5 rings (SSSR count). The van der Waals surface area contributed by atoms with Crippen molar-refractivity contribution in [1.29, 1.82) is 0 Å². The van der Waals surface area contributed by atoms with Crippen LogP contribution in [0.5, 0.6) is 0 Å². The van der Waals surface area contributed by atoms with Crippen LogP contribution in [0.4, 0.5) is 10.3 Å². The van der Waals surface area contributed by atoms with Crippen LogP contribution in [0.25, 0.3) is 22.2 Å². The lowest BCUT2D eigenvalue weighted by Crippen LogP contribution is -2.42. The molecule has 0 unspecified atom stereocenters. The molecule has 0 saturated carbocycles. The average molecular weight is 588 g/mol. The number of fused-ring (bicyclic) bond motifs is 1. The Labute approximate surface area is 229 Å². The van der Waals surface area contributed by atoms with Gasteiger partial charge >= 0.3 is 0 Å². The summed E-state index contributed by atoms with van der Waals surface area (Å²) in [6.07, 6.45) is 6.94. The summed E-state index contributed by atoms with van der Waals surface area (Å²) in [6.45, 7) is 0.865. The van der Waals surface area contributed by atoms with Crippen molar-refractivity contribution in [2.24, 2.45) is 5.14 Å². The fourth-order valence-electron chi connectivity index (χ4n) is 4.62. The van der Waals surface area contributed by atoms with Gasteiger partial charge in [0.1, 0.15) is 11.5 Å². The van der Waals surface area contributed by atoms with Gasteiger partial charge in [-0.2, -0.15) is 4.98 Å². The van der Waals surface area contributed by atoms with Crippen LogP contribution < -0.4 is 16.0 Å². The van der Waals surface area contributed by atoms with E-state index >= 15 is 0 Å². The molecule has 1 saturated heterocycles. The third-order valence-electron chi connectivity index (χ3n) is 6.69. The Morgan fingerprint density at radius 2 is 1.80 bits per heavy atom. The number of nitrogens with two attached hydrogens (primary N) is 1. The van der Waals surface area contributed by atoms with Crippen LogP contribution >= 0.6 is 0 Å². The molecule has 0 aliphatic carbocycles. The molecule has 3 aromatic heterocycles. The maximum Gasteiger partial charge on any atom is 0.252 e. The number of rotatable bonds is 7. The van der Waals surface area contributed by atoms with Gasteiger partial charge in [0.05, 0.1) is 17.7 Å². The molecule has 1 aromatic carbocycles. The first-order valence-electron chi connectivity index (χ1n) is 12.2. The molecule has 0 atom stereocenters. The van der Waals surface area contributed by atoms with E-state index in [1.165, 1.54) is 39.5 Å². The third kappa shape index (κ3) is 6.01. The van der Waals surface area contributed by atoms with Crippen LogP contribution in [0.2, 0.25) is 0 Å². The van der Waals surface area contributed by atoms with Gasteiger partial charge in [-0.3, -0.25) is 14.3 Å². The number of pyridine rings is 2. The molecule has 3 N–H and O–H groups in total. The molecule has 4 aromatic rings. The standard InChI is InChI=1S/C25H26FN7O5S2/c1-39(35,36)32-8-6-19(7-9-32)30-25-29-14-17-2-5-23(34)33(24(17)31-25)15-16-10-18(13-28-12-16)21-4-3-20(11-22(21)26)40(27,37)38/h2-5,10-14,19H,6-9,15H2,1H3,(H2,27,37,38)(H,29,30,31). The highest BCUT2D eigenvalue weighted by atomic mass is 32.2. The van der Waals surface area contributed by atoms with Gasteiger partial charge in [0.15, 0.2) is 0 Å². The summed E-state index contributed by atoms with van der Waals surface area (Å²) in [5.41, 5.74) is 1.17. The van der Waals surface area contributed by atoms with E-state index in [1.807, 2.05) is 0 Å². The number of benzene rings is 1. The van der Waals surface area contributed by atoms with E-state index in [-0.39, 0.29) is 28.6 Å². The normalized spacial score (nSPS) is 15.4. The minimum absolute atomic E-state index is 0.0317. The van der Waals surface area contributed by atoms with Crippen LogP contribution in [0.1, 0.15) is 18.4 Å². The Hall–Kier alpha value is -3.79. The van der Waals surface area contributed by atoms with Crippen molar-refractivity contribution < 1.29 is 21.2 Å². The second-order valence-corrected chi connectivity index (χ2v) is 13.1. The second kappa shape index (κ2) is 10.6. The van der Waals surface area contributed by atoms with Gasteiger partial charge in [0, 0.05) is 60.3 Å². The van der Waals surface area contributed by atoms with Crippen LogP contribution in [0.15, 0.2) is 64.7 Å². The number of halogens is 1. The zero-order chi connectivity index (χ0) is 28.7. The molecule has 12 nitrogen and oxygen atoms in total. The second-order valence-electron chi connectivity index (χ2n) is 9.58. The summed E-state index contributed by atoms with van der Waals surface area (Å²) in [5, 5.41) is 8.96. The highest BCUT2D eigenvalue weighted by Gasteiger charge is 2.25. The summed E-state index contributed by atoms with van der Waals surface area (Å²) < 4.78 is 64.3. The lowest BCUT2D eigenvalue weighted by Gasteiger charge is -2.30. The molecular formula is C25H26FN7O5S2. The summed E-state index contributed by atoms with van der Waals surface area (Å²) in [4.78, 5) is 25.7. The fraction of sp³-hybridized carbons (Fsp3) is 0.280. The first kappa shape index (κ1) is 27.8. The Balaban J connectivity index is 1.41. The smallest absolute Gasteiger partial charge is 0.252 e. The summed E-state index contributed by atoms with van der Waals surface area (Å²) in [6, 6.07) is 8.03. The van der Waals surface area contributed by atoms with Crippen molar-refractivity contribution in [3.05, 3.63) is 76.7 Å². The van der Waals surface area contributed by atoms with E-state index in [4.69, 9.17) is 5.14 Å². The van der Waals surface area contributed by atoms with Crippen molar-refractivity contribution >= 4 is 37.0 Å². The molecule has 1 aliphatic heterocycles. The van der Waals surface area contributed by atoms with E-state index in [1.54, 1.807) is 24.5 Å². The highest BCUT2D eigenvalue weighted by molar-refractivity contribution is 7.89. The largest absolute Gasteiger partial charge is 0.351 e. The predicted octanol–water partition coefficient (Wildman–Crippen LogP) is 1.52. The van der Waals surface area contributed by atoms with Crippen molar-refractivity contribution in [3.8, 4) is 11.1 Å². The van der Waals surface area contributed by atoms with Crippen molar-refractivity contribution in [3.63, 3.8) is 0 Å². The fourth-order valence-corrected chi connectivity index (χ4v) is 6.02. The van der Waals surface area contributed by atoms with E-state index < -0.39 is 25.9 Å². The minimum Gasteiger partial charge on any atom is -0.351 e. The molecule has 1 fully saturated rings. The van der Waals surface area contributed by atoms with Crippen molar-refractivity contribution in [2.75, 3.05) is 24.7 Å². The molecule has 15 heteroatoms. The molecule has 0 radical (unpaired) electrons. The van der Waals surface area contributed by atoms with E-state index in [2.05, 4.69) is 20.3 Å². The van der Waals surface area contributed by atoms with E-state index in [0.29, 0.717) is 54.0 Å². The van der Waals surface area contributed by atoms with Gasteiger partial charge in [0.2, 0.25) is 26.0 Å². The number of hydrogen-bond acceptors (Lipinski definition) is 9. The summed E-state index contributed by atoms with van der Waals surface area (Å²) >= 11 is 0. The molecule has 0 spiro atoms. The van der Waals surface area contributed by atoms with Crippen LogP contribution in [-0.2, 0) is 26.6 Å². The Kier molecular flexibility index (Phi) is 7.39. The van der Waals surface area contributed by atoms with Crippen molar-refractivity contribution in [1.82, 2.24) is 23.8 Å². The number of nitrogens with zero attached hydrogens (tertiary/aromatic N) is 5. The van der Waals surface area contributed by atoms with Crippen molar-refractivity contribution in [2.45, 2.75) is 30.3 Å². The monoisotopic (exact) mass is 587 g/mol. The van der Waals surface area contributed by atoms with Gasteiger partial charge in [-0.25, -0.2) is 35.7 Å². The number of anilines is 1. The Morgan fingerprint density at radius 1 is 1.05 bits per heavy atom. The molecular weight excluding hydrogens is 561 g/mol. The molecule has 1 aliphatic rings. The maximum absolute atomic E-state index is 14.8. The quantitative estimate of drug-likeness (QED) is 0.325. The number of primary sulfonamides is 1. The number of hydrogen-bond donors (Lipinski definition) is 2. The summed E-state index contributed by atoms with van der Waals surface area (Å²) in [5.74, 6) is -0.466. The summed E-state index contributed by atoms with van der Waals surface area (Å²) in [7, 11) is -7.30. The SMILES string of the molecule is CS(=O)(=O)N1CCC(Nc2ncc3ccc(=O)n(Cc4cncc(-c5ccc(S(N)(=O)=O)cc5F)c4)c3n2)CC1. The molecule has 40 heavy (non-hydrogen) atoms. The van der Waals surface area contributed by atoms with Gasteiger partial charge in [-0.05, 0) is 42.7 Å². The van der Waals surface area contributed by atoms with Gasteiger partial charge in [-0.15, -0.1) is 0 Å². The van der Waals surface area contributed by atoms with Gasteiger partial charge in [-0.1, -0.05) is 6.07 Å². The zero-order valence-electron chi connectivity index (χ0n) is 21.4. The van der Waals surface area contributed by atoms with Crippen LogP contribution in [0.3, 0.4) is 0 Å². The molecule has 0 amide bonds. The highest BCUT2D eigenvalue weighted by Crippen LogP contribution is 2.26. The number of piperidine rings is 1. The molecule has 4 heterocycles. The predicted molar refractivity (Wildman–Crippen MR) is 147 cm³/mol. The van der Waals surface area contributed by atoms with Gasteiger partial charge < -0.3 is 5.32 Å². The maximum atomic E-state index is 14.8. The molecule has 210 valence electrons. The topological polar surface area (TPSA) is 170 Å². The van der Waals surface area contributed by atoms with E-state index in [0.717, 1.165) is 6.07 Å². The van der Waals surface area contributed by atoms with Crippen LogP contribution in [-0.4, -0.2) is 66.0 Å². The molecule has 0 bridgehead atoms. The zero-order valence-corrected chi connectivity index (χ0v) is 23.0. The number of sulfonamides is 2. The average Bonchev–Trinajstić information content (AvgIpc) is 2.90. The number of aromatic nitrogens is 4. The first-order chi connectivity index (χ1) is 18.9. The lowest BCUT2D eigenvalue weighted by atomic mass is 10.1. The first-order valence-corrected chi connectivity index (χ1v) is 15.6.